The van der Waals surface area contributed by atoms with Crippen molar-refractivity contribution in [2.24, 2.45) is 10.2 Å². The number of anilines is 1. The van der Waals surface area contributed by atoms with E-state index in [-0.39, 0.29) is 5.75 Å². The molecule has 1 aromatic heterocycles. The van der Waals surface area contributed by atoms with Crippen LogP contribution >= 0.6 is 0 Å². The highest BCUT2D eigenvalue weighted by Crippen LogP contribution is 2.33. The van der Waals surface area contributed by atoms with Crippen LogP contribution in [0.25, 0.3) is 0 Å². The van der Waals surface area contributed by atoms with Crippen LogP contribution < -0.4 is 5.32 Å². The molecule has 5 heteroatoms. The summed E-state index contributed by atoms with van der Waals surface area (Å²) < 4.78 is 0. The van der Waals surface area contributed by atoms with Crippen molar-refractivity contribution < 1.29 is 5.11 Å². The minimum atomic E-state index is 0.106. The first-order chi connectivity index (χ1) is 9.20. The number of azo groups is 1. The van der Waals surface area contributed by atoms with Crippen molar-refractivity contribution in [3.63, 3.8) is 0 Å². The van der Waals surface area contributed by atoms with Gasteiger partial charge in [0.05, 0.1) is 6.20 Å². The van der Waals surface area contributed by atoms with E-state index >= 15 is 0 Å². The molecule has 0 spiro atoms. The fourth-order valence-corrected chi connectivity index (χ4v) is 1.67. The van der Waals surface area contributed by atoms with Crippen LogP contribution in [-0.2, 0) is 0 Å². The maximum Gasteiger partial charge on any atom is 0.145 e. The zero-order valence-electron chi connectivity index (χ0n) is 11.0. The molecular weight excluding hydrogens is 240 g/mol. The van der Waals surface area contributed by atoms with Crippen LogP contribution in [0.5, 0.6) is 5.75 Å². The number of pyridine rings is 1. The molecule has 5 nitrogen and oxygen atoms in total. The number of phenolic OH excluding ortho intramolecular Hbond substituents is 1. The predicted octanol–water partition coefficient (Wildman–Crippen LogP) is 3.94. The van der Waals surface area contributed by atoms with E-state index in [9.17, 15) is 5.11 Å². The molecule has 0 amide bonds. The normalized spacial score (nSPS) is 10.8. The Labute approximate surface area is 112 Å². The smallest absolute Gasteiger partial charge is 0.145 e. The monoisotopic (exact) mass is 256 g/mol. The molecule has 19 heavy (non-hydrogen) atoms. The van der Waals surface area contributed by atoms with Crippen LogP contribution in [0.15, 0.2) is 46.9 Å². The van der Waals surface area contributed by atoms with E-state index in [1.165, 1.54) is 0 Å². The molecule has 0 fully saturated rings. The van der Waals surface area contributed by atoms with Gasteiger partial charge in [0.15, 0.2) is 0 Å². The zero-order valence-corrected chi connectivity index (χ0v) is 11.0. The molecule has 0 aliphatic rings. The van der Waals surface area contributed by atoms with Crippen LogP contribution in [0, 0.1) is 6.92 Å². The number of benzene rings is 1. The summed E-state index contributed by atoms with van der Waals surface area (Å²) in [4.78, 5) is 3.95. The third kappa shape index (κ3) is 3.28. The molecule has 0 bridgehead atoms. The highest BCUT2D eigenvalue weighted by atomic mass is 16.3. The summed E-state index contributed by atoms with van der Waals surface area (Å²) in [6.45, 7) is 4.77. The van der Waals surface area contributed by atoms with Crippen LogP contribution in [0.3, 0.4) is 0 Å². The first-order valence-electron chi connectivity index (χ1n) is 6.10. The third-order valence-electron chi connectivity index (χ3n) is 2.61. The second kappa shape index (κ2) is 5.95. The Hall–Kier alpha value is -2.43. The van der Waals surface area contributed by atoms with Crippen molar-refractivity contribution in [2.45, 2.75) is 13.8 Å². The average Bonchev–Trinajstić information content (AvgIpc) is 2.42. The maximum absolute atomic E-state index is 9.91. The number of aromatic hydroxyl groups is 1. The van der Waals surface area contributed by atoms with Gasteiger partial charge < -0.3 is 10.4 Å². The zero-order chi connectivity index (χ0) is 13.7. The lowest BCUT2D eigenvalue weighted by molar-refractivity contribution is 0.476. The van der Waals surface area contributed by atoms with Crippen molar-refractivity contribution in [2.75, 3.05) is 11.9 Å². The number of phenols is 1. The molecule has 0 saturated heterocycles. The first kappa shape index (κ1) is 13.0. The van der Waals surface area contributed by atoms with Gasteiger partial charge in [0.2, 0.25) is 0 Å². The number of hydrogen-bond acceptors (Lipinski definition) is 5. The lowest BCUT2D eigenvalue weighted by Gasteiger charge is -2.09. The maximum atomic E-state index is 9.91. The Morgan fingerprint density at radius 2 is 2.16 bits per heavy atom. The summed E-state index contributed by atoms with van der Waals surface area (Å²) in [7, 11) is 0. The van der Waals surface area contributed by atoms with Gasteiger partial charge in [-0.2, -0.15) is 0 Å². The third-order valence-corrected chi connectivity index (χ3v) is 2.61. The molecule has 2 aromatic rings. The van der Waals surface area contributed by atoms with Gasteiger partial charge in [-0.3, -0.25) is 4.98 Å². The fourth-order valence-electron chi connectivity index (χ4n) is 1.67. The number of aryl methyl sites for hydroxylation is 1. The largest absolute Gasteiger partial charge is 0.506 e. The number of nitrogens with one attached hydrogen (secondary N) is 1. The molecule has 2 rings (SSSR count). The first-order valence-corrected chi connectivity index (χ1v) is 6.10. The molecule has 0 unspecified atom stereocenters. The van der Waals surface area contributed by atoms with Gasteiger partial charge in [-0.25, -0.2) is 0 Å². The molecule has 1 heterocycles. The highest BCUT2D eigenvalue weighted by Gasteiger charge is 2.05. The summed E-state index contributed by atoms with van der Waals surface area (Å²) in [6.07, 6.45) is 3.28. The summed E-state index contributed by atoms with van der Waals surface area (Å²) in [6, 6.07) is 7.05. The molecule has 0 radical (unpaired) electrons. The van der Waals surface area contributed by atoms with Gasteiger partial charge in [0.25, 0.3) is 0 Å². The Balaban J connectivity index is 2.26. The topological polar surface area (TPSA) is 69.9 Å². The van der Waals surface area contributed by atoms with Crippen molar-refractivity contribution >= 4 is 17.1 Å². The standard InChI is InChI=1S/C14H16N4O/c1-3-16-12-8-14(19)13(7-10(12)2)18-17-11-5-4-6-15-9-11/h4-9,16,19H,3H2,1-2H3. The Kier molecular flexibility index (Phi) is 4.07. The quantitative estimate of drug-likeness (QED) is 0.814. The van der Waals surface area contributed by atoms with Crippen LogP contribution in [0.4, 0.5) is 17.1 Å². The van der Waals surface area contributed by atoms with E-state index in [4.69, 9.17) is 0 Å². The van der Waals surface area contributed by atoms with Crippen molar-refractivity contribution in [3.8, 4) is 5.75 Å². The van der Waals surface area contributed by atoms with E-state index in [1.54, 1.807) is 36.7 Å². The van der Waals surface area contributed by atoms with Crippen LogP contribution in [0.1, 0.15) is 12.5 Å². The summed E-state index contributed by atoms with van der Waals surface area (Å²) in [5.74, 6) is 0.106. The second-order valence-corrected chi connectivity index (χ2v) is 4.10. The molecule has 98 valence electrons. The highest BCUT2D eigenvalue weighted by molar-refractivity contribution is 5.64. The fraction of sp³-hybridized carbons (Fsp3) is 0.214. The summed E-state index contributed by atoms with van der Waals surface area (Å²) in [5.41, 5.74) is 3.01. The number of nitrogens with zero attached hydrogens (tertiary/aromatic N) is 3. The van der Waals surface area contributed by atoms with E-state index in [0.29, 0.717) is 11.4 Å². The minimum absolute atomic E-state index is 0.106. The minimum Gasteiger partial charge on any atom is -0.506 e. The molecule has 0 atom stereocenters. The SMILES string of the molecule is CCNc1cc(O)c(N=Nc2cccnc2)cc1C. The Morgan fingerprint density at radius 1 is 1.32 bits per heavy atom. The van der Waals surface area contributed by atoms with Gasteiger partial charge in [-0.1, -0.05) is 0 Å². The average molecular weight is 256 g/mol. The number of aromatic nitrogens is 1. The van der Waals surface area contributed by atoms with E-state index in [1.807, 2.05) is 13.8 Å². The van der Waals surface area contributed by atoms with Crippen LogP contribution in [0.2, 0.25) is 0 Å². The van der Waals surface area contributed by atoms with Gasteiger partial charge in [0.1, 0.15) is 17.1 Å². The van der Waals surface area contributed by atoms with Crippen molar-refractivity contribution in [1.29, 1.82) is 0 Å². The Bertz CT molecular complexity index is 581. The van der Waals surface area contributed by atoms with E-state index in [2.05, 4.69) is 20.5 Å². The lowest BCUT2D eigenvalue weighted by Crippen LogP contribution is -1.98. The molecule has 0 saturated carbocycles. The lowest BCUT2D eigenvalue weighted by atomic mass is 10.1. The van der Waals surface area contributed by atoms with E-state index < -0.39 is 0 Å². The van der Waals surface area contributed by atoms with Gasteiger partial charge >= 0.3 is 0 Å². The van der Waals surface area contributed by atoms with Gasteiger partial charge in [0, 0.05) is 24.5 Å². The Morgan fingerprint density at radius 3 is 2.84 bits per heavy atom. The number of hydrogen-bond donors (Lipinski definition) is 2. The summed E-state index contributed by atoms with van der Waals surface area (Å²) >= 11 is 0. The van der Waals surface area contributed by atoms with E-state index in [0.717, 1.165) is 17.8 Å². The number of rotatable bonds is 4. The predicted molar refractivity (Wildman–Crippen MR) is 75.4 cm³/mol. The second-order valence-electron chi connectivity index (χ2n) is 4.10. The summed E-state index contributed by atoms with van der Waals surface area (Å²) in [5, 5.41) is 21.2. The molecule has 2 N–H and O–H groups in total. The molecule has 0 aliphatic carbocycles. The van der Waals surface area contributed by atoms with Gasteiger partial charge in [-0.15, -0.1) is 10.2 Å². The van der Waals surface area contributed by atoms with Gasteiger partial charge in [-0.05, 0) is 37.6 Å². The molecular formula is C14H16N4O. The van der Waals surface area contributed by atoms with Crippen LogP contribution in [-0.4, -0.2) is 16.6 Å². The molecule has 0 aliphatic heterocycles. The van der Waals surface area contributed by atoms with Crippen molar-refractivity contribution in [1.82, 2.24) is 4.98 Å². The van der Waals surface area contributed by atoms with Crippen molar-refractivity contribution in [3.05, 3.63) is 42.2 Å². The molecule has 1 aromatic carbocycles.